The van der Waals surface area contributed by atoms with Gasteiger partial charge in [0.2, 0.25) is 18.6 Å². The van der Waals surface area contributed by atoms with Crippen LogP contribution in [0.4, 0.5) is 0 Å². The van der Waals surface area contributed by atoms with Gasteiger partial charge in [0.25, 0.3) is 5.56 Å². The number of imide groups is 1. The van der Waals surface area contributed by atoms with E-state index in [1.54, 1.807) is 17.6 Å². The zero-order valence-corrected chi connectivity index (χ0v) is 32.4. The number of pyridine rings is 2. The second kappa shape index (κ2) is 15.5. The number of fused-ring (bicyclic) bond motifs is 5. The Bertz CT molecular complexity index is 2120. The Morgan fingerprint density at radius 2 is 1.82 bits per heavy atom. The Morgan fingerprint density at radius 3 is 2.51 bits per heavy atom. The number of benzene rings is 1. The zero-order chi connectivity index (χ0) is 39.2. The summed E-state index contributed by atoms with van der Waals surface area (Å²) in [5.74, 6) is -2.73. The van der Waals surface area contributed by atoms with Crippen LogP contribution in [0.25, 0.3) is 22.3 Å². The molecule has 7 rings (SSSR count). The van der Waals surface area contributed by atoms with Crippen molar-refractivity contribution in [1.82, 2.24) is 14.5 Å². The molecule has 1 N–H and O–H groups in total. The summed E-state index contributed by atoms with van der Waals surface area (Å²) >= 11 is 1.40. The van der Waals surface area contributed by atoms with Crippen molar-refractivity contribution in [3.8, 4) is 11.4 Å². The monoisotopic (exact) mass is 773 g/mol. The highest BCUT2D eigenvalue weighted by molar-refractivity contribution is 8.00. The minimum atomic E-state index is -1.93. The number of aromatic nitrogens is 2. The number of likely N-dealkylation sites (tertiary alicyclic amines) is 1. The first kappa shape index (κ1) is 38.7. The van der Waals surface area contributed by atoms with Gasteiger partial charge in [0.05, 0.1) is 46.1 Å². The summed E-state index contributed by atoms with van der Waals surface area (Å²) in [6, 6.07) is 9.36. The number of nitrogens with zero attached hydrogens (tertiary/aromatic N) is 3. The topological polar surface area (TPSA) is 171 Å². The molecule has 2 unspecified atom stereocenters. The van der Waals surface area contributed by atoms with Gasteiger partial charge in [-0.3, -0.25) is 28.9 Å². The molecule has 4 aliphatic rings. The van der Waals surface area contributed by atoms with E-state index in [0.29, 0.717) is 62.0 Å². The number of amides is 2. The van der Waals surface area contributed by atoms with Crippen LogP contribution in [-0.2, 0) is 63.4 Å². The van der Waals surface area contributed by atoms with E-state index in [2.05, 4.69) is 0 Å². The molecule has 3 aromatic rings. The summed E-state index contributed by atoms with van der Waals surface area (Å²) in [4.78, 5) is 84.0. The molecule has 55 heavy (non-hydrogen) atoms. The van der Waals surface area contributed by atoms with E-state index in [1.165, 1.54) is 16.7 Å². The van der Waals surface area contributed by atoms with Crippen LogP contribution >= 0.6 is 11.8 Å². The first-order valence-electron chi connectivity index (χ1n) is 19.1. The molecule has 2 fully saturated rings. The number of hydrogen-bond acceptors (Lipinski definition) is 12. The van der Waals surface area contributed by atoms with Crippen LogP contribution in [0.5, 0.6) is 0 Å². The number of rotatable bonds is 12. The third kappa shape index (κ3) is 7.07. The molecular weight excluding hydrogens is 727 g/mol. The zero-order valence-electron chi connectivity index (χ0n) is 31.6. The van der Waals surface area contributed by atoms with Gasteiger partial charge in [-0.1, -0.05) is 39.0 Å². The van der Waals surface area contributed by atoms with E-state index in [1.807, 2.05) is 44.4 Å². The number of aryl methyl sites for hydroxylation is 1. The van der Waals surface area contributed by atoms with Gasteiger partial charge in [0.15, 0.2) is 5.60 Å². The fourth-order valence-corrected chi connectivity index (χ4v) is 9.30. The number of ether oxygens (including phenoxy) is 3. The second-order valence-corrected chi connectivity index (χ2v) is 16.5. The molecule has 1 aromatic carbocycles. The number of aliphatic hydroxyl groups is 1. The number of hydrogen-bond donors (Lipinski definition) is 1. The van der Waals surface area contributed by atoms with Crippen LogP contribution in [0.2, 0.25) is 0 Å². The van der Waals surface area contributed by atoms with E-state index in [0.717, 1.165) is 16.5 Å². The van der Waals surface area contributed by atoms with Crippen molar-refractivity contribution in [2.45, 2.75) is 96.1 Å². The highest BCUT2D eigenvalue weighted by Gasteiger charge is 2.46. The molecule has 3 aliphatic heterocycles. The van der Waals surface area contributed by atoms with E-state index >= 15 is 0 Å². The second-order valence-electron chi connectivity index (χ2n) is 15.5. The summed E-state index contributed by atoms with van der Waals surface area (Å²) in [6.45, 7) is 5.47. The molecular formula is C41H47N3O10S. The summed E-state index contributed by atoms with van der Waals surface area (Å²) in [5.41, 5.74) is 1.84. The Morgan fingerprint density at radius 1 is 1.07 bits per heavy atom. The van der Waals surface area contributed by atoms with Crippen LogP contribution in [0.15, 0.2) is 35.1 Å². The number of thioether (sulfide) groups is 1. The van der Waals surface area contributed by atoms with Gasteiger partial charge in [-0.25, -0.2) is 9.78 Å². The maximum absolute atomic E-state index is 13.8. The third-order valence-electron chi connectivity index (χ3n) is 12.0. The standard InChI is InChI=1S/C41H47N3O10S/c1-5-41(51)30-16-32-35-28(19-43(32)36(46)29(30)20-52-40(41)50)26(27-8-6-7-9-31(27)42-35)15-14-25(22(2)3)39(49)54-21-53-38(48)24-12-10-23(11-13-24)18-44-34(45)17-33(55-4)37(44)47/h6-9,16,22-25,33,51H,5,10-15,17-21H2,1-4H3/t23?,24?,25?,33?,41-/m0/s1. The first-order chi connectivity index (χ1) is 26.4. The van der Waals surface area contributed by atoms with Crippen molar-refractivity contribution in [2.75, 3.05) is 19.6 Å². The molecule has 0 bridgehead atoms. The molecule has 1 aliphatic carbocycles. The minimum absolute atomic E-state index is 0.0456. The molecule has 0 spiro atoms. The Balaban J connectivity index is 0.998. The maximum atomic E-state index is 13.8. The Kier molecular flexibility index (Phi) is 10.9. The maximum Gasteiger partial charge on any atom is 0.343 e. The quantitative estimate of drug-likeness (QED) is 0.121. The highest BCUT2D eigenvalue weighted by Crippen LogP contribution is 2.41. The van der Waals surface area contributed by atoms with Gasteiger partial charge in [-0.05, 0) is 80.7 Å². The normalized spacial score (nSPS) is 23.7. The Labute approximate surface area is 323 Å². The fraction of sp³-hybridized carbons (Fsp3) is 0.537. The molecule has 1 saturated heterocycles. The SMILES string of the molecule is CC[C@@]1(O)C(=O)OCc2c1cc1n(c2=O)Cc2c-1nc1ccccc1c2CCC(C(=O)OCOC(=O)C1CCC(CN2C(=O)CC(SC)C2=O)CC1)C(C)C. The fourth-order valence-electron chi connectivity index (χ4n) is 8.66. The van der Waals surface area contributed by atoms with Crippen molar-refractivity contribution in [3.63, 3.8) is 0 Å². The predicted octanol–water partition coefficient (Wildman–Crippen LogP) is 4.63. The largest absolute Gasteiger partial charge is 0.458 e. The van der Waals surface area contributed by atoms with E-state index in [-0.39, 0.29) is 77.5 Å². The minimum Gasteiger partial charge on any atom is -0.458 e. The van der Waals surface area contributed by atoms with Crippen LogP contribution in [0, 0.1) is 23.7 Å². The molecule has 5 heterocycles. The Hall–Kier alpha value is -4.56. The number of carbonyl (C=O) groups excluding carboxylic acids is 5. The lowest BCUT2D eigenvalue weighted by Crippen LogP contribution is -2.44. The number of para-hydroxylation sites is 1. The molecule has 292 valence electrons. The molecule has 14 heteroatoms. The summed E-state index contributed by atoms with van der Waals surface area (Å²) in [6.07, 6.45) is 5.55. The van der Waals surface area contributed by atoms with E-state index in [4.69, 9.17) is 19.2 Å². The highest BCUT2D eigenvalue weighted by atomic mass is 32.2. The first-order valence-corrected chi connectivity index (χ1v) is 20.4. The van der Waals surface area contributed by atoms with Gasteiger partial charge >= 0.3 is 17.9 Å². The van der Waals surface area contributed by atoms with Crippen LogP contribution in [-0.4, -0.2) is 74.1 Å². The summed E-state index contributed by atoms with van der Waals surface area (Å²) < 4.78 is 17.8. The smallest absolute Gasteiger partial charge is 0.343 e. The molecule has 2 aromatic heterocycles. The lowest BCUT2D eigenvalue weighted by molar-refractivity contribution is -0.175. The van der Waals surface area contributed by atoms with Crippen LogP contribution in [0.1, 0.15) is 88.0 Å². The molecule has 3 atom stereocenters. The summed E-state index contributed by atoms with van der Waals surface area (Å²) in [5, 5.41) is 11.9. The average Bonchev–Trinajstić information content (AvgIpc) is 3.68. The predicted molar refractivity (Wildman–Crippen MR) is 202 cm³/mol. The summed E-state index contributed by atoms with van der Waals surface area (Å²) in [7, 11) is 0. The number of carbonyl (C=O) groups is 5. The lowest BCUT2D eigenvalue weighted by atomic mass is 9.82. The van der Waals surface area contributed by atoms with Gasteiger partial charge in [0, 0.05) is 29.5 Å². The van der Waals surface area contributed by atoms with Crippen molar-refractivity contribution in [1.29, 1.82) is 0 Å². The van der Waals surface area contributed by atoms with Crippen molar-refractivity contribution >= 4 is 52.4 Å². The van der Waals surface area contributed by atoms with Gasteiger partial charge in [-0.2, -0.15) is 11.8 Å². The van der Waals surface area contributed by atoms with Gasteiger partial charge < -0.3 is 23.9 Å². The lowest BCUT2D eigenvalue weighted by Gasteiger charge is -2.31. The van der Waals surface area contributed by atoms with E-state index in [9.17, 15) is 33.9 Å². The van der Waals surface area contributed by atoms with Crippen molar-refractivity contribution in [3.05, 3.63) is 62.9 Å². The average molecular weight is 774 g/mol. The van der Waals surface area contributed by atoms with Gasteiger partial charge in [0.1, 0.15) is 6.61 Å². The molecule has 0 radical (unpaired) electrons. The van der Waals surface area contributed by atoms with Crippen molar-refractivity contribution < 1.29 is 43.3 Å². The number of esters is 3. The van der Waals surface area contributed by atoms with Crippen molar-refractivity contribution in [2.24, 2.45) is 23.7 Å². The third-order valence-corrected chi connectivity index (χ3v) is 13.0. The molecule has 13 nitrogen and oxygen atoms in total. The number of cyclic esters (lactones) is 1. The van der Waals surface area contributed by atoms with Crippen LogP contribution < -0.4 is 5.56 Å². The molecule has 1 saturated carbocycles. The van der Waals surface area contributed by atoms with E-state index < -0.39 is 36.2 Å². The van der Waals surface area contributed by atoms with Crippen LogP contribution in [0.3, 0.4) is 0 Å². The van der Waals surface area contributed by atoms with Gasteiger partial charge in [-0.15, -0.1) is 0 Å². The molecule has 2 amide bonds.